The molecule has 0 amide bonds. The largest absolute Gasteiger partial charge is 0.416 e. The molecule has 0 aliphatic heterocycles. The Hall–Kier alpha value is -1.18. The summed E-state index contributed by atoms with van der Waals surface area (Å²) in [4.78, 5) is 3.66. The van der Waals surface area contributed by atoms with Crippen LogP contribution in [0.5, 0.6) is 0 Å². The van der Waals surface area contributed by atoms with Crippen molar-refractivity contribution >= 4 is 0 Å². The van der Waals surface area contributed by atoms with Crippen LogP contribution in [0.1, 0.15) is 17.2 Å². The molecular formula is C9H12F3N3O. The van der Waals surface area contributed by atoms with Crippen molar-refractivity contribution in [2.75, 3.05) is 13.7 Å². The van der Waals surface area contributed by atoms with Gasteiger partial charge in [0, 0.05) is 25.1 Å². The zero-order valence-corrected chi connectivity index (χ0v) is 8.58. The third-order valence-electron chi connectivity index (χ3n) is 2.07. The minimum Gasteiger partial charge on any atom is -0.383 e. The lowest BCUT2D eigenvalue weighted by molar-refractivity contribution is -0.138. The van der Waals surface area contributed by atoms with E-state index in [0.717, 1.165) is 18.5 Å². The number of methoxy groups -OCH3 is 1. The summed E-state index contributed by atoms with van der Waals surface area (Å²) < 4.78 is 42.7. The summed E-state index contributed by atoms with van der Waals surface area (Å²) in [7, 11) is 1.38. The fourth-order valence-electron chi connectivity index (χ4n) is 1.34. The summed E-state index contributed by atoms with van der Waals surface area (Å²) in [6.45, 7) is 0.0330. The number of ether oxygens (including phenoxy) is 1. The maximum absolute atomic E-state index is 12.6. The lowest BCUT2D eigenvalue weighted by Gasteiger charge is -2.19. The highest BCUT2D eigenvalue weighted by Crippen LogP contribution is 2.33. The number of hydrazine groups is 1. The third-order valence-corrected chi connectivity index (χ3v) is 2.07. The van der Waals surface area contributed by atoms with Gasteiger partial charge in [-0.15, -0.1) is 0 Å². The van der Waals surface area contributed by atoms with Crippen LogP contribution in [0.15, 0.2) is 18.5 Å². The first-order valence-electron chi connectivity index (χ1n) is 4.47. The van der Waals surface area contributed by atoms with Gasteiger partial charge in [0.15, 0.2) is 0 Å². The Morgan fingerprint density at radius 2 is 2.25 bits per heavy atom. The summed E-state index contributed by atoms with van der Waals surface area (Å²) in [6, 6.07) is 0.172. The van der Waals surface area contributed by atoms with E-state index >= 15 is 0 Å². The predicted molar refractivity (Wildman–Crippen MR) is 51.2 cm³/mol. The van der Waals surface area contributed by atoms with Crippen molar-refractivity contribution in [1.82, 2.24) is 10.4 Å². The van der Waals surface area contributed by atoms with E-state index in [0.29, 0.717) is 0 Å². The molecule has 1 heterocycles. The second-order valence-corrected chi connectivity index (χ2v) is 3.14. The summed E-state index contributed by atoms with van der Waals surface area (Å²) in [5.74, 6) is 5.18. The quantitative estimate of drug-likeness (QED) is 0.609. The Morgan fingerprint density at radius 3 is 2.75 bits per heavy atom. The standard InChI is InChI=1S/C9H12F3N3O/c1-16-5-8(15-13)6-4-14-3-2-7(6)9(10,11)12/h2-4,8,15H,5,13H2,1H3. The van der Waals surface area contributed by atoms with E-state index in [9.17, 15) is 13.2 Å². The summed E-state index contributed by atoms with van der Waals surface area (Å²) in [5, 5.41) is 0. The highest BCUT2D eigenvalue weighted by molar-refractivity contribution is 5.29. The molecule has 0 aliphatic rings. The normalized spacial score (nSPS) is 13.8. The number of halogens is 3. The maximum atomic E-state index is 12.6. The average Bonchev–Trinajstić information content (AvgIpc) is 2.25. The fraction of sp³-hybridized carbons (Fsp3) is 0.444. The molecule has 1 unspecified atom stereocenters. The second kappa shape index (κ2) is 5.24. The first kappa shape index (κ1) is 12.9. The first-order chi connectivity index (χ1) is 7.50. The number of hydrogen-bond donors (Lipinski definition) is 2. The van der Waals surface area contributed by atoms with Crippen molar-refractivity contribution in [3.8, 4) is 0 Å². The molecule has 1 rings (SSSR count). The zero-order chi connectivity index (χ0) is 12.2. The molecule has 0 fully saturated rings. The molecule has 1 aromatic rings. The van der Waals surface area contributed by atoms with Crippen LogP contribution < -0.4 is 11.3 Å². The molecule has 0 spiro atoms. The Labute approximate surface area is 90.6 Å². The van der Waals surface area contributed by atoms with Crippen LogP contribution in [0, 0.1) is 0 Å². The molecule has 1 atom stereocenters. The number of nitrogens with two attached hydrogens (primary N) is 1. The number of rotatable bonds is 4. The molecule has 90 valence electrons. The van der Waals surface area contributed by atoms with Crippen molar-refractivity contribution in [3.63, 3.8) is 0 Å². The Bertz CT molecular complexity index is 343. The SMILES string of the molecule is COCC(NN)c1cnccc1C(F)(F)F. The summed E-state index contributed by atoms with van der Waals surface area (Å²) in [6.07, 6.45) is -2.21. The van der Waals surface area contributed by atoms with Gasteiger partial charge in [-0.1, -0.05) is 0 Å². The Balaban J connectivity index is 3.11. The Morgan fingerprint density at radius 1 is 1.56 bits per heavy atom. The monoisotopic (exact) mass is 235 g/mol. The molecule has 0 bridgehead atoms. The lowest BCUT2D eigenvalue weighted by atomic mass is 10.0. The van der Waals surface area contributed by atoms with E-state index in [1.165, 1.54) is 7.11 Å². The van der Waals surface area contributed by atoms with E-state index in [1.54, 1.807) is 0 Å². The lowest BCUT2D eigenvalue weighted by Crippen LogP contribution is -2.32. The van der Waals surface area contributed by atoms with Gasteiger partial charge in [-0.3, -0.25) is 16.3 Å². The van der Waals surface area contributed by atoms with Crippen molar-refractivity contribution in [1.29, 1.82) is 0 Å². The van der Waals surface area contributed by atoms with Gasteiger partial charge in [-0.2, -0.15) is 13.2 Å². The van der Waals surface area contributed by atoms with E-state index in [-0.39, 0.29) is 12.2 Å². The summed E-state index contributed by atoms with van der Waals surface area (Å²) >= 11 is 0. The Kier molecular flexibility index (Phi) is 4.22. The summed E-state index contributed by atoms with van der Waals surface area (Å²) in [5.41, 5.74) is 1.48. The van der Waals surface area contributed by atoms with Gasteiger partial charge >= 0.3 is 6.18 Å². The molecule has 0 aromatic carbocycles. The van der Waals surface area contributed by atoms with Crippen LogP contribution in [-0.4, -0.2) is 18.7 Å². The van der Waals surface area contributed by atoms with Gasteiger partial charge in [-0.25, -0.2) is 0 Å². The zero-order valence-electron chi connectivity index (χ0n) is 8.58. The molecule has 7 heteroatoms. The molecule has 0 saturated carbocycles. The predicted octanol–water partition coefficient (Wildman–Crippen LogP) is 1.25. The van der Waals surface area contributed by atoms with Gasteiger partial charge in [0.2, 0.25) is 0 Å². The van der Waals surface area contributed by atoms with Crippen LogP contribution in [-0.2, 0) is 10.9 Å². The van der Waals surface area contributed by atoms with Crippen LogP contribution in [0.25, 0.3) is 0 Å². The average molecular weight is 235 g/mol. The molecule has 4 nitrogen and oxygen atoms in total. The fourth-order valence-corrected chi connectivity index (χ4v) is 1.34. The minimum absolute atomic E-state index is 0.0284. The number of aromatic nitrogens is 1. The van der Waals surface area contributed by atoms with Gasteiger partial charge < -0.3 is 4.74 Å². The molecule has 16 heavy (non-hydrogen) atoms. The molecule has 0 saturated heterocycles. The minimum atomic E-state index is -4.43. The van der Waals surface area contributed by atoms with Gasteiger partial charge in [0.05, 0.1) is 18.2 Å². The number of hydrogen-bond acceptors (Lipinski definition) is 4. The van der Waals surface area contributed by atoms with Crippen molar-refractivity contribution in [3.05, 3.63) is 29.6 Å². The third kappa shape index (κ3) is 2.91. The van der Waals surface area contributed by atoms with E-state index in [1.807, 2.05) is 0 Å². The van der Waals surface area contributed by atoms with Gasteiger partial charge in [0.25, 0.3) is 0 Å². The first-order valence-corrected chi connectivity index (χ1v) is 4.47. The van der Waals surface area contributed by atoms with Gasteiger partial charge in [0.1, 0.15) is 0 Å². The van der Waals surface area contributed by atoms with Crippen molar-refractivity contribution < 1.29 is 17.9 Å². The number of nitrogens with one attached hydrogen (secondary N) is 1. The van der Waals surface area contributed by atoms with E-state index in [2.05, 4.69) is 10.4 Å². The number of pyridine rings is 1. The smallest absolute Gasteiger partial charge is 0.383 e. The van der Waals surface area contributed by atoms with Crippen LogP contribution >= 0.6 is 0 Å². The van der Waals surface area contributed by atoms with Crippen LogP contribution in [0.3, 0.4) is 0 Å². The molecule has 0 aliphatic carbocycles. The molecule has 3 N–H and O–H groups in total. The van der Waals surface area contributed by atoms with E-state index < -0.39 is 17.8 Å². The molecule has 1 aromatic heterocycles. The molecule has 0 radical (unpaired) electrons. The number of alkyl halides is 3. The van der Waals surface area contributed by atoms with Gasteiger partial charge in [-0.05, 0) is 6.07 Å². The van der Waals surface area contributed by atoms with Crippen molar-refractivity contribution in [2.24, 2.45) is 5.84 Å². The maximum Gasteiger partial charge on any atom is 0.416 e. The highest BCUT2D eigenvalue weighted by atomic mass is 19.4. The van der Waals surface area contributed by atoms with E-state index in [4.69, 9.17) is 10.6 Å². The number of nitrogens with zero attached hydrogens (tertiary/aromatic N) is 1. The van der Waals surface area contributed by atoms with Crippen LogP contribution in [0.2, 0.25) is 0 Å². The topological polar surface area (TPSA) is 60.2 Å². The molecular weight excluding hydrogens is 223 g/mol. The highest BCUT2D eigenvalue weighted by Gasteiger charge is 2.35. The van der Waals surface area contributed by atoms with Crippen molar-refractivity contribution in [2.45, 2.75) is 12.2 Å². The van der Waals surface area contributed by atoms with Crippen LogP contribution in [0.4, 0.5) is 13.2 Å². The second-order valence-electron chi connectivity index (χ2n) is 3.14.